The van der Waals surface area contributed by atoms with E-state index in [2.05, 4.69) is 5.32 Å². The summed E-state index contributed by atoms with van der Waals surface area (Å²) >= 11 is 0. The van der Waals surface area contributed by atoms with Crippen molar-refractivity contribution >= 4 is 23.4 Å². The lowest BCUT2D eigenvalue weighted by molar-refractivity contribution is -0.121. The van der Waals surface area contributed by atoms with Crippen molar-refractivity contribution in [3.05, 3.63) is 89.0 Å². The molecule has 8 heteroatoms. The van der Waals surface area contributed by atoms with Gasteiger partial charge < -0.3 is 19.7 Å². The van der Waals surface area contributed by atoms with Crippen LogP contribution in [0.3, 0.4) is 0 Å². The molecule has 0 aliphatic carbocycles. The molecular weight excluding hydrogens is 434 g/mol. The van der Waals surface area contributed by atoms with Crippen molar-refractivity contribution in [2.75, 3.05) is 18.2 Å². The Hall–Kier alpha value is -4.33. The molecule has 0 bridgehead atoms. The fourth-order valence-electron chi connectivity index (χ4n) is 4.76. The standard InChI is InChI=1S/C26H21N3O5/c30-23(27-14-16-9-10-21-22(13-16)34-15-33-21)11-12-28-24-17-5-1-2-6-18(17)26(32)29(24)20-8-4-3-7-19(20)25(28)31/h1-10,13,24H,11-12,14-15H2,(H,27,30)/t24-/m0/s1. The summed E-state index contributed by atoms with van der Waals surface area (Å²) in [6.45, 7) is 0.716. The highest BCUT2D eigenvalue weighted by Crippen LogP contribution is 2.45. The molecule has 3 amide bonds. The third-order valence-electron chi connectivity index (χ3n) is 6.39. The maximum Gasteiger partial charge on any atom is 0.260 e. The fraction of sp³-hybridized carbons (Fsp3) is 0.192. The van der Waals surface area contributed by atoms with Crippen molar-refractivity contribution in [3.63, 3.8) is 0 Å². The Balaban J connectivity index is 1.20. The zero-order valence-corrected chi connectivity index (χ0v) is 18.2. The number of nitrogens with one attached hydrogen (secondary N) is 1. The molecule has 3 aliphatic heterocycles. The van der Waals surface area contributed by atoms with Crippen molar-refractivity contribution < 1.29 is 23.9 Å². The number of ether oxygens (including phenoxy) is 2. The quantitative estimate of drug-likeness (QED) is 0.638. The molecule has 8 nitrogen and oxygen atoms in total. The summed E-state index contributed by atoms with van der Waals surface area (Å²) in [6, 6.07) is 20.0. The molecule has 0 aromatic heterocycles. The van der Waals surface area contributed by atoms with Crippen molar-refractivity contribution in [2.45, 2.75) is 19.1 Å². The largest absolute Gasteiger partial charge is 0.454 e. The van der Waals surface area contributed by atoms with Crippen LogP contribution in [-0.2, 0) is 11.3 Å². The number of carbonyl (C=O) groups is 3. The highest BCUT2D eigenvalue weighted by Gasteiger charge is 2.47. The second-order valence-corrected chi connectivity index (χ2v) is 8.37. The molecule has 3 heterocycles. The van der Waals surface area contributed by atoms with Gasteiger partial charge in [-0.2, -0.15) is 0 Å². The van der Waals surface area contributed by atoms with Gasteiger partial charge in [-0.3, -0.25) is 19.3 Å². The monoisotopic (exact) mass is 455 g/mol. The van der Waals surface area contributed by atoms with E-state index in [4.69, 9.17) is 9.47 Å². The number of amides is 3. The minimum atomic E-state index is -0.562. The number of nitrogens with zero attached hydrogens (tertiary/aromatic N) is 2. The first kappa shape index (κ1) is 20.3. The van der Waals surface area contributed by atoms with Gasteiger partial charge in [0.1, 0.15) is 6.17 Å². The number of fused-ring (bicyclic) bond motifs is 6. The van der Waals surface area contributed by atoms with Crippen LogP contribution in [0.2, 0.25) is 0 Å². The van der Waals surface area contributed by atoms with Gasteiger partial charge in [0.05, 0.1) is 11.3 Å². The normalized spacial score (nSPS) is 17.4. The van der Waals surface area contributed by atoms with Crippen LogP contribution in [0.5, 0.6) is 11.5 Å². The molecule has 0 saturated carbocycles. The van der Waals surface area contributed by atoms with Gasteiger partial charge in [-0.05, 0) is 35.9 Å². The molecule has 0 fully saturated rings. The van der Waals surface area contributed by atoms with Gasteiger partial charge in [-0.15, -0.1) is 0 Å². The zero-order valence-electron chi connectivity index (χ0n) is 18.2. The highest BCUT2D eigenvalue weighted by atomic mass is 16.7. The van der Waals surface area contributed by atoms with Gasteiger partial charge in [0.2, 0.25) is 12.7 Å². The molecular formula is C26H21N3O5. The van der Waals surface area contributed by atoms with Crippen LogP contribution in [0.25, 0.3) is 0 Å². The van der Waals surface area contributed by atoms with Gasteiger partial charge in [0, 0.05) is 30.6 Å². The summed E-state index contributed by atoms with van der Waals surface area (Å²) in [5.74, 6) is 0.833. The number of rotatable bonds is 5. The number of para-hydroxylation sites is 1. The smallest absolute Gasteiger partial charge is 0.260 e. The first-order valence-corrected chi connectivity index (χ1v) is 11.1. The molecule has 0 spiro atoms. The van der Waals surface area contributed by atoms with Crippen molar-refractivity contribution in [1.29, 1.82) is 0 Å². The number of benzene rings is 3. The topological polar surface area (TPSA) is 88.2 Å². The molecule has 1 atom stereocenters. The fourth-order valence-corrected chi connectivity index (χ4v) is 4.76. The van der Waals surface area contributed by atoms with Gasteiger partial charge >= 0.3 is 0 Å². The second kappa shape index (κ2) is 7.91. The van der Waals surface area contributed by atoms with Crippen LogP contribution >= 0.6 is 0 Å². The van der Waals surface area contributed by atoms with E-state index in [0.29, 0.717) is 34.9 Å². The Morgan fingerprint density at radius 1 is 0.912 bits per heavy atom. The van der Waals surface area contributed by atoms with E-state index in [1.54, 1.807) is 34.1 Å². The minimum Gasteiger partial charge on any atom is -0.454 e. The molecule has 3 aromatic rings. The Morgan fingerprint density at radius 3 is 2.56 bits per heavy atom. The number of hydrogen-bond acceptors (Lipinski definition) is 5. The van der Waals surface area contributed by atoms with E-state index >= 15 is 0 Å². The minimum absolute atomic E-state index is 0.110. The lowest BCUT2D eigenvalue weighted by Gasteiger charge is -2.40. The van der Waals surface area contributed by atoms with Crippen LogP contribution < -0.4 is 19.7 Å². The lowest BCUT2D eigenvalue weighted by atomic mass is 10.0. The van der Waals surface area contributed by atoms with Crippen LogP contribution in [0.4, 0.5) is 5.69 Å². The van der Waals surface area contributed by atoms with Crippen molar-refractivity contribution in [3.8, 4) is 11.5 Å². The number of carbonyl (C=O) groups excluding carboxylic acids is 3. The SMILES string of the molecule is O=C(CCN1C(=O)c2ccccc2N2C(=O)c3ccccc3[C@@H]12)NCc1ccc2c(c1)OCO2. The maximum atomic E-state index is 13.4. The molecule has 0 saturated heterocycles. The van der Waals surface area contributed by atoms with Crippen LogP contribution in [0.1, 0.15) is 44.4 Å². The van der Waals surface area contributed by atoms with E-state index in [-0.39, 0.29) is 37.5 Å². The first-order valence-electron chi connectivity index (χ1n) is 11.1. The molecule has 6 rings (SSSR count). The van der Waals surface area contributed by atoms with E-state index in [1.165, 1.54) is 0 Å². The Kier molecular flexibility index (Phi) is 4.72. The summed E-state index contributed by atoms with van der Waals surface area (Å²) in [5.41, 5.74) is 3.30. The summed E-state index contributed by atoms with van der Waals surface area (Å²) in [7, 11) is 0. The molecule has 3 aliphatic rings. The van der Waals surface area contributed by atoms with Crippen LogP contribution in [0.15, 0.2) is 66.7 Å². The Bertz CT molecular complexity index is 1340. The highest BCUT2D eigenvalue weighted by molar-refractivity contribution is 6.16. The zero-order chi connectivity index (χ0) is 23.2. The molecule has 3 aromatic carbocycles. The van der Waals surface area contributed by atoms with Gasteiger partial charge in [0.15, 0.2) is 11.5 Å². The second-order valence-electron chi connectivity index (χ2n) is 8.37. The first-order chi connectivity index (χ1) is 16.6. The van der Waals surface area contributed by atoms with Gasteiger partial charge in [-0.1, -0.05) is 36.4 Å². The summed E-state index contributed by atoms with van der Waals surface area (Å²) in [6.07, 6.45) is -0.452. The van der Waals surface area contributed by atoms with Crippen molar-refractivity contribution in [2.24, 2.45) is 0 Å². The molecule has 0 radical (unpaired) electrons. The summed E-state index contributed by atoms with van der Waals surface area (Å²) < 4.78 is 10.7. The molecule has 34 heavy (non-hydrogen) atoms. The Labute approximate surface area is 195 Å². The average molecular weight is 455 g/mol. The summed E-state index contributed by atoms with van der Waals surface area (Å²) in [4.78, 5) is 42.6. The molecule has 170 valence electrons. The predicted molar refractivity (Wildman–Crippen MR) is 122 cm³/mol. The van der Waals surface area contributed by atoms with Crippen molar-refractivity contribution in [1.82, 2.24) is 10.2 Å². The van der Waals surface area contributed by atoms with Crippen LogP contribution in [0, 0.1) is 0 Å². The number of hydrogen-bond donors (Lipinski definition) is 1. The lowest BCUT2D eigenvalue weighted by Crippen LogP contribution is -2.49. The molecule has 0 unspecified atom stereocenters. The van der Waals surface area contributed by atoms with E-state index in [9.17, 15) is 14.4 Å². The number of anilines is 1. The maximum absolute atomic E-state index is 13.4. The average Bonchev–Trinajstić information content (AvgIpc) is 3.45. The third-order valence-corrected chi connectivity index (χ3v) is 6.39. The van der Waals surface area contributed by atoms with E-state index in [0.717, 1.165) is 11.1 Å². The van der Waals surface area contributed by atoms with E-state index in [1.807, 2.05) is 42.5 Å². The predicted octanol–water partition coefficient (Wildman–Crippen LogP) is 3.24. The van der Waals surface area contributed by atoms with Crippen LogP contribution in [-0.4, -0.2) is 36.0 Å². The van der Waals surface area contributed by atoms with Gasteiger partial charge in [-0.25, -0.2) is 0 Å². The van der Waals surface area contributed by atoms with Gasteiger partial charge in [0.25, 0.3) is 11.8 Å². The third kappa shape index (κ3) is 3.18. The molecule has 1 N–H and O–H groups in total. The van der Waals surface area contributed by atoms with E-state index < -0.39 is 6.17 Å². The summed E-state index contributed by atoms with van der Waals surface area (Å²) in [5, 5.41) is 2.90. The Morgan fingerprint density at radius 2 is 1.68 bits per heavy atom.